The molecule has 0 aromatic carbocycles. The van der Waals surface area contributed by atoms with Crippen molar-refractivity contribution in [3.05, 3.63) is 55.5 Å². The number of hydrogen-bond acceptors (Lipinski definition) is 0. The van der Waals surface area contributed by atoms with Gasteiger partial charge >= 0.3 is 0 Å². The lowest BCUT2D eigenvalue weighted by Gasteiger charge is -2.00. The summed E-state index contributed by atoms with van der Waals surface area (Å²) in [5.74, 6) is 0. The van der Waals surface area contributed by atoms with Crippen LogP contribution in [0.3, 0.4) is 0 Å². The van der Waals surface area contributed by atoms with Gasteiger partial charge in [-0.3, -0.25) is 0 Å². The van der Waals surface area contributed by atoms with Crippen LogP contribution in [-0.2, 0) is 0 Å². The van der Waals surface area contributed by atoms with Crippen molar-refractivity contribution in [3.8, 4) is 0 Å². The van der Waals surface area contributed by atoms with E-state index in [0.29, 0.717) is 0 Å². The van der Waals surface area contributed by atoms with Crippen molar-refractivity contribution in [2.75, 3.05) is 0 Å². The quantitative estimate of drug-likeness (QED) is 0.259. The first-order valence-corrected chi connectivity index (χ1v) is 7.84. The van der Waals surface area contributed by atoms with Crippen molar-refractivity contribution in [3.63, 3.8) is 0 Å². The van der Waals surface area contributed by atoms with Crippen LogP contribution in [0, 0.1) is 6.42 Å². The second kappa shape index (κ2) is 17.0. The van der Waals surface area contributed by atoms with Gasteiger partial charge in [-0.1, -0.05) is 101 Å². The van der Waals surface area contributed by atoms with Crippen LogP contribution < -0.4 is 0 Å². The van der Waals surface area contributed by atoms with Crippen LogP contribution in [0.15, 0.2) is 49.1 Å². The van der Waals surface area contributed by atoms with E-state index in [1.165, 1.54) is 57.8 Å². The van der Waals surface area contributed by atoms with E-state index in [-0.39, 0.29) is 0 Å². The standard InChI is InChI=1S/C19H31/c1-3-5-7-9-11-13-15-17-19-18-16-14-12-10-8-6-4-2/h3,5,7,9,11-13,15H,1,4,6,8,10,14,16-19H2,2H3. The smallest absolute Gasteiger partial charge is 0.0348 e. The third-order valence-corrected chi connectivity index (χ3v) is 3.01. The Balaban J connectivity index is 3.17. The van der Waals surface area contributed by atoms with Gasteiger partial charge in [-0.25, -0.2) is 0 Å². The van der Waals surface area contributed by atoms with Gasteiger partial charge < -0.3 is 0 Å². The first-order valence-electron chi connectivity index (χ1n) is 7.84. The highest BCUT2D eigenvalue weighted by molar-refractivity contribution is 5.14. The van der Waals surface area contributed by atoms with Crippen molar-refractivity contribution >= 4 is 0 Å². The van der Waals surface area contributed by atoms with Crippen molar-refractivity contribution in [2.45, 2.75) is 64.7 Å². The highest BCUT2D eigenvalue weighted by Gasteiger charge is 1.91. The molecule has 19 heavy (non-hydrogen) atoms. The summed E-state index contributed by atoms with van der Waals surface area (Å²) >= 11 is 0. The molecule has 0 unspecified atom stereocenters. The molecule has 0 aliphatic carbocycles. The predicted molar refractivity (Wildman–Crippen MR) is 89.1 cm³/mol. The third kappa shape index (κ3) is 17.0. The molecule has 0 aliphatic heterocycles. The molecular weight excluding hydrogens is 228 g/mol. The Labute approximate surface area is 121 Å². The fourth-order valence-electron chi connectivity index (χ4n) is 1.86. The number of unbranched alkanes of at least 4 members (excludes halogenated alkanes) is 9. The second-order valence-corrected chi connectivity index (χ2v) is 4.86. The lowest BCUT2D eigenvalue weighted by Crippen LogP contribution is -1.81. The van der Waals surface area contributed by atoms with Crippen LogP contribution in [0.4, 0.5) is 0 Å². The van der Waals surface area contributed by atoms with Gasteiger partial charge in [0.05, 0.1) is 0 Å². The molecule has 107 valence electrons. The highest BCUT2D eigenvalue weighted by atomic mass is 14.0. The van der Waals surface area contributed by atoms with Gasteiger partial charge in [-0.05, 0) is 19.3 Å². The molecule has 0 aliphatic rings. The minimum atomic E-state index is 1.20. The lowest BCUT2D eigenvalue weighted by atomic mass is 10.1. The summed E-state index contributed by atoms with van der Waals surface area (Å²) in [4.78, 5) is 0. The van der Waals surface area contributed by atoms with E-state index >= 15 is 0 Å². The molecule has 0 rings (SSSR count). The Morgan fingerprint density at radius 2 is 1.32 bits per heavy atom. The maximum absolute atomic E-state index is 3.62. The summed E-state index contributed by atoms with van der Waals surface area (Å²) in [7, 11) is 0. The fraction of sp³-hybridized carbons (Fsp3) is 0.526. The Kier molecular flexibility index (Phi) is 16.0. The summed E-state index contributed by atoms with van der Waals surface area (Å²) < 4.78 is 0. The van der Waals surface area contributed by atoms with E-state index in [2.05, 4.69) is 38.2 Å². The average molecular weight is 259 g/mol. The van der Waals surface area contributed by atoms with Gasteiger partial charge in [-0.2, -0.15) is 0 Å². The van der Waals surface area contributed by atoms with Crippen molar-refractivity contribution < 1.29 is 0 Å². The van der Waals surface area contributed by atoms with Crippen molar-refractivity contribution in [1.82, 2.24) is 0 Å². The van der Waals surface area contributed by atoms with E-state index in [1.54, 1.807) is 6.08 Å². The normalized spacial score (nSPS) is 12.1. The molecule has 0 spiro atoms. The lowest BCUT2D eigenvalue weighted by molar-refractivity contribution is 0.643. The zero-order valence-electron chi connectivity index (χ0n) is 12.7. The molecule has 0 heteroatoms. The molecule has 0 N–H and O–H groups in total. The van der Waals surface area contributed by atoms with Crippen molar-refractivity contribution in [1.29, 1.82) is 0 Å². The molecule has 0 atom stereocenters. The van der Waals surface area contributed by atoms with Gasteiger partial charge in [0.1, 0.15) is 0 Å². The summed E-state index contributed by atoms with van der Waals surface area (Å²) in [5.41, 5.74) is 0. The molecule has 0 heterocycles. The van der Waals surface area contributed by atoms with E-state index in [9.17, 15) is 0 Å². The number of rotatable bonds is 13. The van der Waals surface area contributed by atoms with E-state index < -0.39 is 0 Å². The molecule has 0 saturated heterocycles. The molecule has 0 aromatic rings. The van der Waals surface area contributed by atoms with E-state index in [4.69, 9.17) is 0 Å². The maximum atomic E-state index is 3.62. The largest absolute Gasteiger partial charge is 0.0991 e. The molecule has 0 amide bonds. The van der Waals surface area contributed by atoms with Crippen LogP contribution in [0.2, 0.25) is 0 Å². The van der Waals surface area contributed by atoms with Crippen LogP contribution >= 0.6 is 0 Å². The van der Waals surface area contributed by atoms with Gasteiger partial charge in [0.15, 0.2) is 0 Å². The fourth-order valence-corrected chi connectivity index (χ4v) is 1.86. The predicted octanol–water partition coefficient (Wildman–Crippen LogP) is 6.58. The molecule has 0 fully saturated rings. The average Bonchev–Trinajstić information content (AvgIpc) is 2.43. The van der Waals surface area contributed by atoms with Gasteiger partial charge in [0.25, 0.3) is 0 Å². The Hall–Kier alpha value is -1.04. The van der Waals surface area contributed by atoms with E-state index in [1.807, 2.05) is 18.2 Å². The first kappa shape index (κ1) is 18.0. The highest BCUT2D eigenvalue weighted by Crippen LogP contribution is 2.09. The molecule has 0 saturated carbocycles. The molecule has 1 radical (unpaired) electrons. The molecular formula is C19H31. The number of hydrogen-bond donors (Lipinski definition) is 0. The monoisotopic (exact) mass is 259 g/mol. The van der Waals surface area contributed by atoms with Gasteiger partial charge in [-0.15, -0.1) is 0 Å². The molecule has 0 nitrogen and oxygen atoms in total. The SMILES string of the molecule is C=CC=CC=CC=CCCCCC[CH]CCCCC. The Bertz CT molecular complexity index is 255. The summed E-state index contributed by atoms with van der Waals surface area (Å²) in [5, 5.41) is 0. The molecule has 0 bridgehead atoms. The van der Waals surface area contributed by atoms with Crippen molar-refractivity contribution in [2.24, 2.45) is 0 Å². The van der Waals surface area contributed by atoms with Gasteiger partial charge in [0, 0.05) is 0 Å². The molecule has 0 aromatic heterocycles. The Morgan fingerprint density at radius 1 is 0.684 bits per heavy atom. The van der Waals surface area contributed by atoms with Crippen LogP contribution in [-0.4, -0.2) is 0 Å². The topological polar surface area (TPSA) is 0 Å². The van der Waals surface area contributed by atoms with E-state index in [0.717, 1.165) is 0 Å². The second-order valence-electron chi connectivity index (χ2n) is 4.86. The third-order valence-electron chi connectivity index (χ3n) is 3.01. The zero-order valence-corrected chi connectivity index (χ0v) is 12.7. The first-order chi connectivity index (χ1) is 9.41. The minimum absolute atomic E-state index is 1.20. The zero-order chi connectivity index (χ0) is 14.0. The van der Waals surface area contributed by atoms with Crippen LogP contribution in [0.25, 0.3) is 0 Å². The van der Waals surface area contributed by atoms with Gasteiger partial charge in [0.2, 0.25) is 0 Å². The van der Waals surface area contributed by atoms with Crippen LogP contribution in [0.5, 0.6) is 0 Å². The Morgan fingerprint density at radius 3 is 2.05 bits per heavy atom. The minimum Gasteiger partial charge on any atom is -0.0991 e. The summed E-state index contributed by atoms with van der Waals surface area (Å²) in [6, 6.07) is 0. The number of allylic oxidation sites excluding steroid dienone is 7. The summed E-state index contributed by atoms with van der Waals surface area (Å²) in [6.07, 6.45) is 28.6. The summed E-state index contributed by atoms with van der Waals surface area (Å²) in [6.45, 7) is 5.89. The maximum Gasteiger partial charge on any atom is -0.0348 e. The van der Waals surface area contributed by atoms with Crippen LogP contribution in [0.1, 0.15) is 64.7 Å².